The first-order chi connectivity index (χ1) is 9.66. The van der Waals surface area contributed by atoms with Gasteiger partial charge in [-0.2, -0.15) is 0 Å². The minimum absolute atomic E-state index is 0.377. The molecule has 1 heterocycles. The molecule has 102 valence electrons. The number of nitrogen functional groups attached to an aromatic ring is 1. The maximum Gasteiger partial charge on any atom is 0.114 e. The normalized spacial score (nSPS) is 11.3. The molecule has 0 atom stereocenters. The van der Waals surface area contributed by atoms with Crippen molar-refractivity contribution in [1.82, 2.24) is 9.55 Å². The number of anilines is 1. The van der Waals surface area contributed by atoms with Gasteiger partial charge in [0.2, 0.25) is 0 Å². The highest BCUT2D eigenvalue weighted by Crippen LogP contribution is 2.24. The van der Waals surface area contributed by atoms with Gasteiger partial charge in [-0.05, 0) is 37.6 Å². The van der Waals surface area contributed by atoms with Crippen LogP contribution in [-0.4, -0.2) is 9.55 Å². The van der Waals surface area contributed by atoms with E-state index in [1.54, 1.807) is 0 Å². The Bertz CT molecular complexity index is 741. The minimum atomic E-state index is 0.377. The zero-order valence-electron chi connectivity index (χ0n) is 11.9. The molecule has 0 spiro atoms. The zero-order valence-corrected chi connectivity index (χ0v) is 11.9. The lowest BCUT2D eigenvalue weighted by molar-refractivity contribution is 0.591. The Morgan fingerprint density at radius 3 is 2.50 bits per heavy atom. The van der Waals surface area contributed by atoms with Crippen molar-refractivity contribution < 1.29 is 0 Å². The largest absolute Gasteiger partial charge is 0.398 e. The first kappa shape index (κ1) is 12.7. The average Bonchev–Trinajstić information content (AvgIpc) is 2.79. The number of nitrogens with zero attached hydrogens (tertiary/aromatic N) is 2. The monoisotopic (exact) mass is 265 g/mol. The molecule has 0 aliphatic heterocycles. The minimum Gasteiger partial charge on any atom is -0.398 e. The number of para-hydroxylation sites is 3. The summed E-state index contributed by atoms with van der Waals surface area (Å²) >= 11 is 0. The molecule has 3 aromatic rings. The van der Waals surface area contributed by atoms with Gasteiger partial charge in [0.15, 0.2) is 0 Å². The molecule has 3 heteroatoms. The highest BCUT2D eigenvalue weighted by atomic mass is 15.1. The molecule has 1 aromatic heterocycles. The Hall–Kier alpha value is -2.29. The summed E-state index contributed by atoms with van der Waals surface area (Å²) < 4.78 is 2.29. The van der Waals surface area contributed by atoms with Gasteiger partial charge in [-0.25, -0.2) is 4.98 Å². The summed E-state index contributed by atoms with van der Waals surface area (Å²) in [6.07, 6.45) is 0.763. The van der Waals surface area contributed by atoms with Crippen LogP contribution in [0.25, 0.3) is 11.0 Å². The van der Waals surface area contributed by atoms with Gasteiger partial charge >= 0.3 is 0 Å². The molecule has 3 rings (SSSR count). The van der Waals surface area contributed by atoms with Crippen LogP contribution in [0.1, 0.15) is 31.3 Å². The number of hydrogen-bond acceptors (Lipinski definition) is 2. The number of aromatic nitrogens is 2. The van der Waals surface area contributed by atoms with Crippen LogP contribution in [0.2, 0.25) is 0 Å². The van der Waals surface area contributed by atoms with Crippen LogP contribution in [0.15, 0.2) is 48.5 Å². The standard InChI is InChI=1S/C17H19N3/c1-12(2)20-16-10-6-5-9-15(16)19-17(20)11-13-7-3-4-8-14(13)18/h3-10,12H,11,18H2,1-2H3. The second kappa shape index (κ2) is 5.00. The van der Waals surface area contributed by atoms with E-state index in [-0.39, 0.29) is 0 Å². The second-order valence-corrected chi connectivity index (χ2v) is 5.36. The molecule has 2 aromatic carbocycles. The van der Waals surface area contributed by atoms with E-state index in [0.717, 1.165) is 29.0 Å². The number of nitrogens with two attached hydrogens (primary N) is 1. The van der Waals surface area contributed by atoms with Crippen molar-refractivity contribution in [2.75, 3.05) is 5.73 Å². The van der Waals surface area contributed by atoms with Gasteiger partial charge in [-0.1, -0.05) is 30.3 Å². The lowest BCUT2D eigenvalue weighted by Gasteiger charge is -2.13. The van der Waals surface area contributed by atoms with E-state index in [0.29, 0.717) is 6.04 Å². The van der Waals surface area contributed by atoms with Crippen molar-refractivity contribution in [3.05, 3.63) is 59.9 Å². The van der Waals surface area contributed by atoms with E-state index in [1.165, 1.54) is 5.52 Å². The quantitative estimate of drug-likeness (QED) is 0.732. The molecule has 0 bridgehead atoms. The predicted molar refractivity (Wildman–Crippen MR) is 83.8 cm³/mol. The molecular weight excluding hydrogens is 246 g/mol. The topological polar surface area (TPSA) is 43.8 Å². The smallest absolute Gasteiger partial charge is 0.114 e. The first-order valence-electron chi connectivity index (χ1n) is 6.96. The van der Waals surface area contributed by atoms with Crippen LogP contribution in [-0.2, 0) is 6.42 Å². The highest BCUT2D eigenvalue weighted by Gasteiger charge is 2.13. The molecular formula is C17H19N3. The summed E-state index contributed by atoms with van der Waals surface area (Å²) in [5.41, 5.74) is 10.2. The Morgan fingerprint density at radius 1 is 1.05 bits per heavy atom. The highest BCUT2D eigenvalue weighted by molar-refractivity contribution is 5.76. The second-order valence-electron chi connectivity index (χ2n) is 5.36. The summed E-state index contributed by atoms with van der Waals surface area (Å²) in [6, 6.07) is 16.6. The van der Waals surface area contributed by atoms with Crippen molar-refractivity contribution in [1.29, 1.82) is 0 Å². The fraction of sp³-hybridized carbons (Fsp3) is 0.235. The van der Waals surface area contributed by atoms with Gasteiger partial charge < -0.3 is 10.3 Å². The molecule has 0 aliphatic rings. The van der Waals surface area contributed by atoms with Crippen LogP contribution < -0.4 is 5.73 Å². The third-order valence-electron chi connectivity index (χ3n) is 3.59. The van der Waals surface area contributed by atoms with E-state index >= 15 is 0 Å². The van der Waals surface area contributed by atoms with Crippen molar-refractivity contribution >= 4 is 16.7 Å². The number of imidazole rings is 1. The Labute approximate surface area is 119 Å². The molecule has 20 heavy (non-hydrogen) atoms. The maximum atomic E-state index is 6.05. The van der Waals surface area contributed by atoms with Crippen LogP contribution in [0, 0.1) is 0 Å². The number of hydrogen-bond donors (Lipinski definition) is 1. The van der Waals surface area contributed by atoms with Crippen molar-refractivity contribution in [3.63, 3.8) is 0 Å². The summed E-state index contributed by atoms with van der Waals surface area (Å²) in [4.78, 5) is 4.78. The van der Waals surface area contributed by atoms with Gasteiger partial charge in [0.1, 0.15) is 5.82 Å². The first-order valence-corrected chi connectivity index (χ1v) is 6.96. The molecule has 0 saturated heterocycles. The summed E-state index contributed by atoms with van der Waals surface area (Å²) in [5.74, 6) is 1.07. The summed E-state index contributed by atoms with van der Waals surface area (Å²) in [7, 11) is 0. The van der Waals surface area contributed by atoms with E-state index in [1.807, 2.05) is 24.3 Å². The number of fused-ring (bicyclic) bond motifs is 1. The SMILES string of the molecule is CC(C)n1c(Cc2ccccc2N)nc2ccccc21. The van der Waals surface area contributed by atoms with Gasteiger partial charge in [0.05, 0.1) is 11.0 Å². The van der Waals surface area contributed by atoms with Gasteiger partial charge in [0.25, 0.3) is 0 Å². The van der Waals surface area contributed by atoms with Crippen LogP contribution >= 0.6 is 0 Å². The van der Waals surface area contributed by atoms with Crippen LogP contribution in [0.4, 0.5) is 5.69 Å². The molecule has 0 fully saturated rings. The lowest BCUT2D eigenvalue weighted by Crippen LogP contribution is -2.07. The van der Waals surface area contributed by atoms with Crippen molar-refractivity contribution in [2.45, 2.75) is 26.3 Å². The van der Waals surface area contributed by atoms with Gasteiger partial charge in [-0.15, -0.1) is 0 Å². The molecule has 0 amide bonds. The molecule has 3 nitrogen and oxygen atoms in total. The van der Waals surface area contributed by atoms with Crippen molar-refractivity contribution in [2.24, 2.45) is 0 Å². The third-order valence-corrected chi connectivity index (χ3v) is 3.59. The molecule has 0 unspecified atom stereocenters. The molecule has 0 radical (unpaired) electrons. The lowest BCUT2D eigenvalue weighted by atomic mass is 10.1. The Kier molecular flexibility index (Phi) is 3.18. The maximum absolute atomic E-state index is 6.05. The Balaban J connectivity index is 2.12. The summed E-state index contributed by atoms with van der Waals surface area (Å²) in [5, 5.41) is 0. The van der Waals surface area contributed by atoms with Crippen LogP contribution in [0.3, 0.4) is 0 Å². The molecule has 0 aliphatic carbocycles. The Morgan fingerprint density at radius 2 is 1.75 bits per heavy atom. The van der Waals surface area contributed by atoms with Gasteiger partial charge in [0, 0.05) is 18.2 Å². The average molecular weight is 265 g/mol. The van der Waals surface area contributed by atoms with Gasteiger partial charge in [-0.3, -0.25) is 0 Å². The van der Waals surface area contributed by atoms with E-state index in [2.05, 4.69) is 42.7 Å². The third kappa shape index (κ3) is 2.16. The fourth-order valence-corrected chi connectivity index (χ4v) is 2.66. The molecule has 0 saturated carbocycles. The van der Waals surface area contributed by atoms with E-state index < -0.39 is 0 Å². The predicted octanol–water partition coefficient (Wildman–Crippen LogP) is 3.79. The number of benzene rings is 2. The molecule has 2 N–H and O–H groups in total. The van der Waals surface area contributed by atoms with E-state index in [4.69, 9.17) is 10.7 Å². The van der Waals surface area contributed by atoms with Crippen LogP contribution in [0.5, 0.6) is 0 Å². The van der Waals surface area contributed by atoms with E-state index in [9.17, 15) is 0 Å². The fourth-order valence-electron chi connectivity index (χ4n) is 2.66. The number of rotatable bonds is 3. The van der Waals surface area contributed by atoms with Crippen molar-refractivity contribution in [3.8, 4) is 0 Å². The zero-order chi connectivity index (χ0) is 14.1. The summed E-state index contributed by atoms with van der Waals surface area (Å²) in [6.45, 7) is 4.37.